The smallest absolute Gasteiger partial charge is 0.355 e. The number of carbonyl (C=O) groups is 1. The minimum absolute atomic E-state index is 0.167. The van der Waals surface area contributed by atoms with Gasteiger partial charge < -0.3 is 10.4 Å². The molecule has 2 N–H and O–H groups in total. The fourth-order valence-corrected chi connectivity index (χ4v) is 3.14. The standard InChI is InChI=1S/C15H17ClN2O2S/c1-9-11(4-3-5-12(9)16)8-17-7-6-13-18-14(15(19)20)10(2)21-13/h3-5,17H,6-8H2,1-2H3,(H,19,20). The highest BCUT2D eigenvalue weighted by atomic mass is 35.5. The van der Waals surface area contributed by atoms with Crippen LogP contribution in [0.1, 0.15) is 31.5 Å². The number of carboxylic acid groups (broad SMARTS) is 1. The third-order valence-corrected chi connectivity index (χ3v) is 4.69. The molecular weight excluding hydrogens is 308 g/mol. The lowest BCUT2D eigenvalue weighted by atomic mass is 10.1. The summed E-state index contributed by atoms with van der Waals surface area (Å²) in [6.07, 6.45) is 0.721. The van der Waals surface area contributed by atoms with Crippen LogP contribution in [0, 0.1) is 13.8 Å². The lowest BCUT2D eigenvalue weighted by Gasteiger charge is -2.08. The number of carboxylic acids is 1. The predicted molar refractivity (Wildman–Crippen MR) is 85.4 cm³/mol. The number of halogens is 1. The number of aromatic nitrogens is 1. The third-order valence-electron chi connectivity index (χ3n) is 3.25. The molecule has 2 rings (SSSR count). The summed E-state index contributed by atoms with van der Waals surface area (Å²) in [7, 11) is 0. The summed E-state index contributed by atoms with van der Waals surface area (Å²) in [4.78, 5) is 15.8. The number of nitrogens with zero attached hydrogens (tertiary/aromatic N) is 1. The second-order valence-electron chi connectivity index (χ2n) is 4.77. The van der Waals surface area contributed by atoms with Crippen LogP contribution in [-0.4, -0.2) is 22.6 Å². The Morgan fingerprint density at radius 1 is 1.43 bits per heavy atom. The van der Waals surface area contributed by atoms with Gasteiger partial charge in [-0.05, 0) is 31.0 Å². The Morgan fingerprint density at radius 3 is 2.86 bits per heavy atom. The molecule has 0 atom stereocenters. The van der Waals surface area contributed by atoms with Gasteiger partial charge in [0.1, 0.15) is 0 Å². The molecule has 1 heterocycles. The Kier molecular flexibility index (Phi) is 5.33. The van der Waals surface area contributed by atoms with Crippen molar-refractivity contribution in [3.63, 3.8) is 0 Å². The van der Waals surface area contributed by atoms with Crippen molar-refractivity contribution in [2.45, 2.75) is 26.8 Å². The highest BCUT2D eigenvalue weighted by Crippen LogP contribution is 2.19. The number of hydrogen-bond acceptors (Lipinski definition) is 4. The Hall–Kier alpha value is -1.43. The van der Waals surface area contributed by atoms with Crippen LogP contribution >= 0.6 is 22.9 Å². The summed E-state index contributed by atoms with van der Waals surface area (Å²) in [6, 6.07) is 5.87. The number of thiazole rings is 1. The van der Waals surface area contributed by atoms with Gasteiger partial charge in [-0.25, -0.2) is 9.78 Å². The van der Waals surface area contributed by atoms with Gasteiger partial charge in [0.25, 0.3) is 0 Å². The number of nitrogens with one attached hydrogen (secondary N) is 1. The number of rotatable bonds is 6. The number of aryl methyl sites for hydroxylation is 1. The van der Waals surface area contributed by atoms with Gasteiger partial charge in [-0.3, -0.25) is 0 Å². The van der Waals surface area contributed by atoms with Gasteiger partial charge in [-0.1, -0.05) is 23.7 Å². The summed E-state index contributed by atoms with van der Waals surface area (Å²) < 4.78 is 0. The van der Waals surface area contributed by atoms with E-state index in [1.54, 1.807) is 6.92 Å². The highest BCUT2D eigenvalue weighted by molar-refractivity contribution is 7.11. The van der Waals surface area contributed by atoms with E-state index in [-0.39, 0.29) is 5.69 Å². The van der Waals surface area contributed by atoms with Crippen molar-refractivity contribution in [1.82, 2.24) is 10.3 Å². The van der Waals surface area contributed by atoms with Crippen LogP contribution in [0.15, 0.2) is 18.2 Å². The zero-order valence-corrected chi connectivity index (χ0v) is 13.5. The molecule has 112 valence electrons. The maximum Gasteiger partial charge on any atom is 0.355 e. The molecule has 0 aliphatic heterocycles. The molecule has 6 heteroatoms. The zero-order valence-electron chi connectivity index (χ0n) is 11.9. The highest BCUT2D eigenvalue weighted by Gasteiger charge is 2.13. The zero-order chi connectivity index (χ0) is 15.4. The van der Waals surface area contributed by atoms with Crippen molar-refractivity contribution in [1.29, 1.82) is 0 Å². The second kappa shape index (κ2) is 7.02. The van der Waals surface area contributed by atoms with Crippen molar-refractivity contribution in [2.75, 3.05) is 6.54 Å². The van der Waals surface area contributed by atoms with Gasteiger partial charge in [0, 0.05) is 29.4 Å². The lowest BCUT2D eigenvalue weighted by Crippen LogP contribution is -2.17. The summed E-state index contributed by atoms with van der Waals surface area (Å²) in [5, 5.41) is 13.9. The molecule has 1 aromatic carbocycles. The third kappa shape index (κ3) is 4.03. The van der Waals surface area contributed by atoms with Crippen molar-refractivity contribution < 1.29 is 9.90 Å². The quantitative estimate of drug-likeness (QED) is 0.799. The SMILES string of the molecule is Cc1sc(CCNCc2cccc(Cl)c2C)nc1C(=O)O. The van der Waals surface area contributed by atoms with E-state index in [2.05, 4.69) is 10.3 Å². The fraction of sp³-hybridized carbons (Fsp3) is 0.333. The minimum Gasteiger partial charge on any atom is -0.476 e. The summed E-state index contributed by atoms with van der Waals surface area (Å²) in [5.74, 6) is -0.961. The lowest BCUT2D eigenvalue weighted by molar-refractivity contribution is 0.0690. The molecule has 4 nitrogen and oxygen atoms in total. The first-order chi connectivity index (χ1) is 9.99. The first kappa shape index (κ1) is 15.9. The fourth-order valence-electron chi connectivity index (χ4n) is 2.02. The Morgan fingerprint density at radius 2 is 2.19 bits per heavy atom. The van der Waals surface area contributed by atoms with Crippen molar-refractivity contribution in [3.05, 3.63) is 49.9 Å². The second-order valence-corrected chi connectivity index (χ2v) is 6.46. The summed E-state index contributed by atoms with van der Waals surface area (Å²) in [6.45, 7) is 5.27. The Bertz CT molecular complexity index is 655. The molecule has 0 fully saturated rings. The number of benzene rings is 1. The van der Waals surface area contributed by atoms with E-state index < -0.39 is 5.97 Å². The molecule has 1 aromatic heterocycles. The number of aromatic carboxylic acids is 1. The normalized spacial score (nSPS) is 10.8. The first-order valence-electron chi connectivity index (χ1n) is 6.63. The Balaban J connectivity index is 1.86. The van der Waals surface area contributed by atoms with E-state index in [1.807, 2.05) is 25.1 Å². The van der Waals surface area contributed by atoms with E-state index in [4.69, 9.17) is 16.7 Å². The molecule has 21 heavy (non-hydrogen) atoms. The number of hydrogen-bond donors (Lipinski definition) is 2. The molecule has 0 unspecified atom stereocenters. The van der Waals surface area contributed by atoms with Crippen LogP contribution in [0.2, 0.25) is 5.02 Å². The Labute approximate surface area is 132 Å². The van der Waals surface area contributed by atoms with E-state index >= 15 is 0 Å². The summed E-state index contributed by atoms with van der Waals surface area (Å²) in [5.41, 5.74) is 2.43. The van der Waals surface area contributed by atoms with Crippen molar-refractivity contribution in [2.24, 2.45) is 0 Å². The molecule has 0 aliphatic rings. The molecular formula is C15H17ClN2O2S. The predicted octanol–water partition coefficient (Wildman–Crippen LogP) is 3.44. The van der Waals surface area contributed by atoms with Crippen LogP contribution in [0.3, 0.4) is 0 Å². The van der Waals surface area contributed by atoms with Crippen molar-refractivity contribution >= 4 is 28.9 Å². The minimum atomic E-state index is -0.961. The van der Waals surface area contributed by atoms with E-state index in [0.29, 0.717) is 0 Å². The molecule has 0 radical (unpaired) electrons. The topological polar surface area (TPSA) is 62.2 Å². The molecule has 0 spiro atoms. The summed E-state index contributed by atoms with van der Waals surface area (Å²) >= 11 is 7.52. The van der Waals surface area contributed by atoms with E-state index in [0.717, 1.165) is 40.0 Å². The molecule has 0 amide bonds. The van der Waals surface area contributed by atoms with E-state index in [9.17, 15) is 4.79 Å². The maximum absolute atomic E-state index is 10.9. The van der Waals surface area contributed by atoms with Crippen LogP contribution < -0.4 is 5.32 Å². The van der Waals surface area contributed by atoms with Gasteiger partial charge in [0.15, 0.2) is 5.69 Å². The largest absolute Gasteiger partial charge is 0.476 e. The van der Waals surface area contributed by atoms with Crippen molar-refractivity contribution in [3.8, 4) is 0 Å². The van der Waals surface area contributed by atoms with Crippen LogP contribution in [0.25, 0.3) is 0 Å². The van der Waals surface area contributed by atoms with Gasteiger partial charge in [-0.2, -0.15) is 0 Å². The van der Waals surface area contributed by atoms with Crippen LogP contribution in [0.5, 0.6) is 0 Å². The maximum atomic E-state index is 10.9. The van der Waals surface area contributed by atoms with Gasteiger partial charge in [0.05, 0.1) is 5.01 Å². The molecule has 0 aliphatic carbocycles. The first-order valence-corrected chi connectivity index (χ1v) is 7.82. The molecule has 2 aromatic rings. The molecule has 0 bridgehead atoms. The average molecular weight is 325 g/mol. The molecule has 0 saturated heterocycles. The van der Waals surface area contributed by atoms with Gasteiger partial charge >= 0.3 is 5.97 Å². The monoisotopic (exact) mass is 324 g/mol. The molecule has 0 saturated carbocycles. The van der Waals surface area contributed by atoms with Crippen LogP contribution in [0.4, 0.5) is 0 Å². The van der Waals surface area contributed by atoms with Crippen LogP contribution in [-0.2, 0) is 13.0 Å². The van der Waals surface area contributed by atoms with E-state index in [1.165, 1.54) is 16.9 Å². The average Bonchev–Trinajstić information content (AvgIpc) is 2.80. The van der Waals surface area contributed by atoms with Gasteiger partial charge in [0.2, 0.25) is 0 Å². The van der Waals surface area contributed by atoms with Gasteiger partial charge in [-0.15, -0.1) is 11.3 Å².